The Morgan fingerprint density at radius 1 is 1.29 bits per heavy atom. The smallest absolute Gasteiger partial charge is 0.121 e. The van der Waals surface area contributed by atoms with Crippen LogP contribution in [0.3, 0.4) is 0 Å². The number of fused-ring (bicyclic) bond motifs is 2. The van der Waals surface area contributed by atoms with E-state index in [0.717, 1.165) is 48.4 Å². The van der Waals surface area contributed by atoms with E-state index in [1.165, 1.54) is 0 Å². The molecule has 0 fully saturated rings. The summed E-state index contributed by atoms with van der Waals surface area (Å²) in [6.45, 7) is 3.44. The van der Waals surface area contributed by atoms with Gasteiger partial charge in [-0.05, 0) is 30.0 Å². The number of hydrogen-bond donors (Lipinski definition) is 2. The number of aromatic amines is 1. The Bertz CT molecular complexity index is 812. The lowest BCUT2D eigenvalue weighted by molar-refractivity contribution is 0.0661. The highest BCUT2D eigenvalue weighted by Gasteiger charge is 2.18. The molecular formula is C17H21N5O2. The molecule has 0 aliphatic carbocycles. The van der Waals surface area contributed by atoms with E-state index in [9.17, 15) is 5.11 Å². The maximum Gasteiger partial charge on any atom is 0.121 e. The van der Waals surface area contributed by atoms with Crippen LogP contribution >= 0.6 is 0 Å². The number of aromatic nitrogens is 4. The number of benzene rings is 1. The molecule has 1 aliphatic heterocycles. The molecular weight excluding hydrogens is 306 g/mol. The van der Waals surface area contributed by atoms with Gasteiger partial charge < -0.3 is 14.8 Å². The molecule has 126 valence electrons. The lowest BCUT2D eigenvalue weighted by atomic mass is 10.2. The Labute approximate surface area is 139 Å². The molecule has 1 unspecified atom stereocenters. The summed E-state index contributed by atoms with van der Waals surface area (Å²) in [5.41, 5.74) is 2.13. The molecule has 0 saturated heterocycles. The minimum atomic E-state index is -0.535. The number of ether oxygens (including phenoxy) is 1. The molecule has 2 aromatic heterocycles. The zero-order chi connectivity index (χ0) is 16.4. The molecule has 0 saturated carbocycles. The minimum absolute atomic E-state index is 0.278. The molecule has 24 heavy (non-hydrogen) atoms. The third kappa shape index (κ3) is 3.27. The van der Waals surface area contributed by atoms with Crippen molar-refractivity contribution in [3.8, 4) is 5.75 Å². The van der Waals surface area contributed by atoms with Gasteiger partial charge in [0.25, 0.3) is 0 Å². The van der Waals surface area contributed by atoms with Crippen LogP contribution in [0.25, 0.3) is 10.9 Å². The van der Waals surface area contributed by atoms with Crippen molar-refractivity contribution < 1.29 is 9.84 Å². The summed E-state index contributed by atoms with van der Waals surface area (Å²) in [5.74, 6) is 0.766. The molecule has 0 radical (unpaired) electrons. The topological polar surface area (TPSA) is 79.2 Å². The van der Waals surface area contributed by atoms with Gasteiger partial charge >= 0.3 is 0 Å². The van der Waals surface area contributed by atoms with Crippen molar-refractivity contribution in [1.29, 1.82) is 0 Å². The highest BCUT2D eigenvalue weighted by molar-refractivity contribution is 5.80. The van der Waals surface area contributed by atoms with Crippen LogP contribution in [0.4, 0.5) is 0 Å². The van der Waals surface area contributed by atoms with Gasteiger partial charge in [0.2, 0.25) is 0 Å². The first-order chi connectivity index (χ1) is 11.8. The van der Waals surface area contributed by atoms with Crippen LogP contribution in [0.2, 0.25) is 0 Å². The molecule has 3 heterocycles. The molecule has 7 nitrogen and oxygen atoms in total. The van der Waals surface area contributed by atoms with E-state index in [-0.39, 0.29) is 6.61 Å². The zero-order valence-electron chi connectivity index (χ0n) is 13.4. The van der Waals surface area contributed by atoms with Gasteiger partial charge in [0.1, 0.15) is 18.5 Å². The lowest BCUT2D eigenvalue weighted by Gasteiger charge is -2.22. The number of rotatable bonds is 5. The van der Waals surface area contributed by atoms with Crippen LogP contribution in [-0.2, 0) is 13.1 Å². The lowest BCUT2D eigenvalue weighted by Crippen LogP contribution is -2.35. The van der Waals surface area contributed by atoms with Gasteiger partial charge in [-0.25, -0.2) is 4.68 Å². The predicted molar refractivity (Wildman–Crippen MR) is 89.7 cm³/mol. The van der Waals surface area contributed by atoms with Crippen molar-refractivity contribution in [1.82, 2.24) is 24.9 Å². The third-order valence-electron chi connectivity index (χ3n) is 4.37. The third-order valence-corrected chi connectivity index (χ3v) is 4.37. The predicted octanol–water partition coefficient (Wildman–Crippen LogP) is 1.41. The fourth-order valence-corrected chi connectivity index (χ4v) is 3.16. The van der Waals surface area contributed by atoms with E-state index >= 15 is 0 Å². The van der Waals surface area contributed by atoms with Crippen molar-refractivity contribution in [3.63, 3.8) is 0 Å². The Morgan fingerprint density at radius 2 is 2.25 bits per heavy atom. The molecule has 0 bridgehead atoms. The van der Waals surface area contributed by atoms with Gasteiger partial charge in [0.15, 0.2) is 0 Å². The molecule has 0 amide bonds. The second-order valence-electron chi connectivity index (χ2n) is 6.23. The number of H-pyrrole nitrogens is 1. The van der Waals surface area contributed by atoms with Crippen molar-refractivity contribution in [2.45, 2.75) is 25.6 Å². The Hall–Kier alpha value is -2.38. The van der Waals surface area contributed by atoms with Crippen molar-refractivity contribution in [2.75, 3.05) is 19.7 Å². The summed E-state index contributed by atoms with van der Waals surface area (Å²) in [6, 6.07) is 7.92. The summed E-state index contributed by atoms with van der Waals surface area (Å²) in [6.07, 6.45) is 4.18. The monoisotopic (exact) mass is 327 g/mol. The summed E-state index contributed by atoms with van der Waals surface area (Å²) in [5, 5.41) is 19.5. The molecule has 3 aromatic rings. The SMILES string of the molecule is OC(COc1ccc2cc[nH]c2c1)CN1CCCn2nncc2C1. The number of aliphatic hydroxyl groups excluding tert-OH is 1. The van der Waals surface area contributed by atoms with Gasteiger partial charge in [0, 0.05) is 44.0 Å². The highest BCUT2D eigenvalue weighted by atomic mass is 16.5. The first-order valence-corrected chi connectivity index (χ1v) is 8.26. The summed E-state index contributed by atoms with van der Waals surface area (Å²) < 4.78 is 7.68. The number of aryl methyl sites for hydroxylation is 1. The van der Waals surface area contributed by atoms with Crippen LogP contribution in [0.5, 0.6) is 5.75 Å². The maximum atomic E-state index is 10.3. The standard InChI is InChI=1S/C17H21N5O2/c23-15(11-21-6-1-7-22-14(10-21)9-19-20-22)12-24-16-3-2-13-4-5-18-17(13)8-16/h2-5,8-9,15,18,23H,1,6-7,10-12H2. The van der Waals surface area contributed by atoms with Crippen LogP contribution in [0.1, 0.15) is 12.1 Å². The number of nitrogens with one attached hydrogen (secondary N) is 1. The molecule has 7 heteroatoms. The summed E-state index contributed by atoms with van der Waals surface area (Å²) in [7, 11) is 0. The normalized spacial score (nSPS) is 16.7. The van der Waals surface area contributed by atoms with Crippen molar-refractivity contribution >= 4 is 10.9 Å². The maximum absolute atomic E-state index is 10.3. The van der Waals surface area contributed by atoms with Crippen LogP contribution in [-0.4, -0.2) is 55.8 Å². The molecule has 1 aliphatic rings. The molecule has 1 atom stereocenters. The van der Waals surface area contributed by atoms with Gasteiger partial charge in [0.05, 0.1) is 11.9 Å². The van der Waals surface area contributed by atoms with E-state index in [1.54, 1.807) is 6.20 Å². The highest BCUT2D eigenvalue weighted by Crippen LogP contribution is 2.19. The van der Waals surface area contributed by atoms with Crippen LogP contribution in [0.15, 0.2) is 36.7 Å². The van der Waals surface area contributed by atoms with Crippen molar-refractivity contribution in [3.05, 3.63) is 42.4 Å². The summed E-state index contributed by atoms with van der Waals surface area (Å²) >= 11 is 0. The fourth-order valence-electron chi connectivity index (χ4n) is 3.16. The number of aliphatic hydroxyl groups is 1. The summed E-state index contributed by atoms with van der Waals surface area (Å²) in [4.78, 5) is 5.39. The van der Waals surface area contributed by atoms with Crippen LogP contribution < -0.4 is 4.74 Å². The molecule has 4 rings (SSSR count). The molecule has 1 aromatic carbocycles. The fraction of sp³-hybridized carbons (Fsp3) is 0.412. The van der Waals surface area contributed by atoms with E-state index in [4.69, 9.17) is 4.74 Å². The van der Waals surface area contributed by atoms with Gasteiger partial charge in [-0.2, -0.15) is 0 Å². The van der Waals surface area contributed by atoms with Crippen molar-refractivity contribution in [2.24, 2.45) is 0 Å². The Kier molecular flexibility index (Phi) is 4.18. The van der Waals surface area contributed by atoms with Gasteiger partial charge in [-0.15, -0.1) is 5.10 Å². The van der Waals surface area contributed by atoms with E-state index in [1.807, 2.05) is 35.1 Å². The minimum Gasteiger partial charge on any atom is -0.491 e. The average Bonchev–Trinajstić information content (AvgIpc) is 3.18. The van der Waals surface area contributed by atoms with Crippen LogP contribution in [0, 0.1) is 0 Å². The van der Waals surface area contributed by atoms with E-state index in [0.29, 0.717) is 6.54 Å². The second kappa shape index (κ2) is 6.62. The quantitative estimate of drug-likeness (QED) is 0.741. The first-order valence-electron chi connectivity index (χ1n) is 8.26. The largest absolute Gasteiger partial charge is 0.491 e. The molecule has 0 spiro atoms. The molecule has 2 N–H and O–H groups in total. The second-order valence-corrected chi connectivity index (χ2v) is 6.23. The van der Waals surface area contributed by atoms with Gasteiger partial charge in [-0.1, -0.05) is 5.21 Å². The number of hydrogen-bond acceptors (Lipinski definition) is 5. The van der Waals surface area contributed by atoms with E-state index in [2.05, 4.69) is 20.2 Å². The average molecular weight is 327 g/mol. The van der Waals surface area contributed by atoms with Gasteiger partial charge in [-0.3, -0.25) is 4.90 Å². The zero-order valence-corrected chi connectivity index (χ0v) is 13.4. The Balaban J connectivity index is 1.32. The first kappa shape index (κ1) is 15.2. The Morgan fingerprint density at radius 3 is 3.21 bits per heavy atom. The number of β-amino-alcohol motifs (C(OH)–C–C–N with tert-alkyl or cyclic N) is 1. The van der Waals surface area contributed by atoms with E-state index < -0.39 is 6.10 Å². The number of nitrogens with zero attached hydrogens (tertiary/aromatic N) is 4.